The van der Waals surface area contributed by atoms with E-state index >= 15 is 0 Å². The van der Waals surface area contributed by atoms with Crippen LogP contribution in [-0.2, 0) is 6.42 Å². The Labute approximate surface area is 124 Å². The van der Waals surface area contributed by atoms with Gasteiger partial charge in [-0.2, -0.15) is 4.98 Å². The van der Waals surface area contributed by atoms with Crippen LogP contribution in [0.3, 0.4) is 0 Å². The van der Waals surface area contributed by atoms with E-state index in [-0.39, 0.29) is 6.04 Å². The highest BCUT2D eigenvalue weighted by atomic mass is 16.5. The van der Waals surface area contributed by atoms with E-state index in [9.17, 15) is 0 Å². The summed E-state index contributed by atoms with van der Waals surface area (Å²) in [6.07, 6.45) is 5.82. The molecule has 2 aromatic heterocycles. The molecule has 1 aliphatic rings. The molecule has 0 saturated carbocycles. The minimum atomic E-state index is 0.226. The highest BCUT2D eigenvalue weighted by Crippen LogP contribution is 2.23. The van der Waals surface area contributed by atoms with Crippen molar-refractivity contribution in [3.63, 3.8) is 0 Å². The van der Waals surface area contributed by atoms with E-state index in [2.05, 4.69) is 26.9 Å². The van der Waals surface area contributed by atoms with Crippen LogP contribution < -0.4 is 10.6 Å². The number of nitrogens with two attached hydrogens (primary N) is 1. The van der Waals surface area contributed by atoms with Gasteiger partial charge in [0.25, 0.3) is 5.89 Å². The van der Waals surface area contributed by atoms with E-state index in [1.54, 1.807) is 6.20 Å². The van der Waals surface area contributed by atoms with Crippen LogP contribution in [0.2, 0.25) is 0 Å². The molecular formula is C15H21N5O. The molecular weight excluding hydrogens is 266 g/mol. The Morgan fingerprint density at radius 2 is 2.38 bits per heavy atom. The molecule has 0 bridgehead atoms. The molecule has 6 nitrogen and oxygen atoms in total. The largest absolute Gasteiger partial charge is 0.355 e. The summed E-state index contributed by atoms with van der Waals surface area (Å²) in [5, 5.41) is 4.00. The van der Waals surface area contributed by atoms with Gasteiger partial charge < -0.3 is 15.2 Å². The van der Waals surface area contributed by atoms with Crippen molar-refractivity contribution in [1.82, 2.24) is 15.1 Å². The average Bonchev–Trinajstić information content (AvgIpc) is 2.97. The second kappa shape index (κ2) is 6.22. The molecule has 1 atom stereocenters. The lowest BCUT2D eigenvalue weighted by Gasteiger charge is -2.31. The molecule has 0 aliphatic carbocycles. The third kappa shape index (κ3) is 3.21. The first-order valence-corrected chi connectivity index (χ1v) is 7.56. The first-order valence-electron chi connectivity index (χ1n) is 7.56. The summed E-state index contributed by atoms with van der Waals surface area (Å²) in [5.41, 5.74) is 6.95. The maximum Gasteiger partial charge on any atom is 0.258 e. The molecule has 0 amide bonds. The lowest BCUT2D eigenvalue weighted by molar-refractivity contribution is 0.422. The van der Waals surface area contributed by atoms with Crippen molar-refractivity contribution in [2.24, 2.45) is 5.73 Å². The van der Waals surface area contributed by atoms with E-state index in [1.807, 2.05) is 12.1 Å². The number of rotatable bonds is 4. The van der Waals surface area contributed by atoms with Crippen LogP contribution in [0.25, 0.3) is 11.5 Å². The molecule has 1 aliphatic heterocycles. The molecule has 1 saturated heterocycles. The van der Waals surface area contributed by atoms with Crippen LogP contribution >= 0.6 is 0 Å². The van der Waals surface area contributed by atoms with Crippen LogP contribution in [0.5, 0.6) is 0 Å². The van der Waals surface area contributed by atoms with Crippen molar-refractivity contribution in [1.29, 1.82) is 0 Å². The van der Waals surface area contributed by atoms with Crippen molar-refractivity contribution in [3.8, 4) is 11.5 Å². The molecule has 0 aromatic carbocycles. The van der Waals surface area contributed by atoms with Gasteiger partial charge in [-0.15, -0.1) is 0 Å². The Morgan fingerprint density at radius 1 is 1.48 bits per heavy atom. The van der Waals surface area contributed by atoms with Gasteiger partial charge in [-0.25, -0.2) is 4.98 Å². The van der Waals surface area contributed by atoms with Crippen molar-refractivity contribution < 1.29 is 4.52 Å². The summed E-state index contributed by atoms with van der Waals surface area (Å²) in [6, 6.07) is 4.13. The number of hydrogen-bond acceptors (Lipinski definition) is 6. The third-order valence-corrected chi connectivity index (χ3v) is 3.72. The highest BCUT2D eigenvalue weighted by Gasteiger charge is 2.19. The number of aryl methyl sites for hydroxylation is 1. The summed E-state index contributed by atoms with van der Waals surface area (Å²) in [6.45, 7) is 3.94. The van der Waals surface area contributed by atoms with Crippen molar-refractivity contribution in [2.45, 2.75) is 38.6 Å². The van der Waals surface area contributed by atoms with Crippen LogP contribution in [0.4, 0.5) is 5.82 Å². The van der Waals surface area contributed by atoms with Gasteiger partial charge >= 0.3 is 0 Å². The molecule has 3 heterocycles. The fraction of sp³-hybridized carbons (Fsp3) is 0.533. The molecule has 2 aromatic rings. The Balaban J connectivity index is 1.81. The SMILES string of the molecule is CCCc1noc(-c2ccnc(N3CCCC(N)C3)c2)n1. The number of pyridine rings is 1. The zero-order valence-corrected chi connectivity index (χ0v) is 12.3. The van der Waals surface area contributed by atoms with Crippen LogP contribution in [-0.4, -0.2) is 34.3 Å². The number of piperidine rings is 1. The van der Waals surface area contributed by atoms with Crippen molar-refractivity contribution >= 4 is 5.82 Å². The minimum absolute atomic E-state index is 0.226. The first kappa shape index (κ1) is 14.0. The third-order valence-electron chi connectivity index (χ3n) is 3.72. The molecule has 0 spiro atoms. The monoisotopic (exact) mass is 287 g/mol. The van der Waals surface area contributed by atoms with Gasteiger partial charge in [-0.1, -0.05) is 12.1 Å². The second-order valence-corrected chi connectivity index (χ2v) is 5.52. The summed E-state index contributed by atoms with van der Waals surface area (Å²) in [4.78, 5) is 11.1. The van der Waals surface area contributed by atoms with Crippen LogP contribution in [0.1, 0.15) is 32.0 Å². The second-order valence-electron chi connectivity index (χ2n) is 5.52. The van der Waals surface area contributed by atoms with Gasteiger partial charge in [0.15, 0.2) is 5.82 Å². The fourth-order valence-electron chi connectivity index (χ4n) is 2.64. The Hall–Kier alpha value is -1.95. The predicted octanol–water partition coefficient (Wildman–Crippen LogP) is 2.01. The van der Waals surface area contributed by atoms with Crippen LogP contribution in [0.15, 0.2) is 22.9 Å². The van der Waals surface area contributed by atoms with E-state index in [0.29, 0.717) is 5.89 Å². The summed E-state index contributed by atoms with van der Waals surface area (Å²) < 4.78 is 5.33. The lowest BCUT2D eigenvalue weighted by Crippen LogP contribution is -2.43. The number of nitrogens with zero attached hydrogens (tertiary/aromatic N) is 4. The van der Waals surface area contributed by atoms with E-state index in [0.717, 1.165) is 56.0 Å². The standard InChI is InChI=1S/C15H21N5O/c1-2-4-13-18-15(21-19-13)11-6-7-17-14(9-11)20-8-3-5-12(16)10-20/h6-7,9,12H,2-5,8,10,16H2,1H3. The quantitative estimate of drug-likeness (QED) is 0.926. The van der Waals surface area contributed by atoms with E-state index < -0.39 is 0 Å². The minimum Gasteiger partial charge on any atom is -0.355 e. The van der Waals surface area contributed by atoms with Gasteiger partial charge in [0.1, 0.15) is 5.82 Å². The Morgan fingerprint density at radius 3 is 3.19 bits per heavy atom. The predicted molar refractivity (Wildman–Crippen MR) is 80.9 cm³/mol. The smallest absolute Gasteiger partial charge is 0.258 e. The summed E-state index contributed by atoms with van der Waals surface area (Å²) >= 11 is 0. The van der Waals surface area contributed by atoms with Crippen molar-refractivity contribution in [2.75, 3.05) is 18.0 Å². The fourth-order valence-corrected chi connectivity index (χ4v) is 2.64. The van der Waals surface area contributed by atoms with Crippen LogP contribution in [0, 0.1) is 0 Å². The van der Waals surface area contributed by atoms with Gasteiger partial charge in [-0.3, -0.25) is 0 Å². The maximum absolute atomic E-state index is 6.04. The molecule has 0 radical (unpaired) electrons. The van der Waals surface area contributed by atoms with E-state index in [1.165, 1.54) is 0 Å². The van der Waals surface area contributed by atoms with Gasteiger partial charge in [-0.05, 0) is 31.4 Å². The van der Waals surface area contributed by atoms with Gasteiger partial charge in [0.2, 0.25) is 0 Å². The molecule has 112 valence electrons. The average molecular weight is 287 g/mol. The molecule has 2 N–H and O–H groups in total. The zero-order valence-electron chi connectivity index (χ0n) is 12.3. The Kier molecular flexibility index (Phi) is 4.15. The zero-order chi connectivity index (χ0) is 14.7. The first-order chi connectivity index (χ1) is 10.3. The number of hydrogen-bond donors (Lipinski definition) is 1. The molecule has 6 heteroatoms. The molecule has 1 fully saturated rings. The maximum atomic E-state index is 6.04. The highest BCUT2D eigenvalue weighted by molar-refractivity contribution is 5.58. The van der Waals surface area contributed by atoms with Gasteiger partial charge in [0, 0.05) is 37.3 Å². The molecule has 3 rings (SSSR count). The number of aromatic nitrogens is 3. The molecule has 21 heavy (non-hydrogen) atoms. The van der Waals surface area contributed by atoms with E-state index in [4.69, 9.17) is 10.3 Å². The summed E-state index contributed by atoms with van der Waals surface area (Å²) in [7, 11) is 0. The van der Waals surface area contributed by atoms with Gasteiger partial charge in [0.05, 0.1) is 0 Å². The molecule has 1 unspecified atom stereocenters. The Bertz CT molecular complexity index is 597. The normalized spacial score (nSPS) is 19.0. The lowest BCUT2D eigenvalue weighted by atomic mass is 10.1. The summed E-state index contributed by atoms with van der Waals surface area (Å²) in [5.74, 6) is 2.24. The van der Waals surface area contributed by atoms with Crippen molar-refractivity contribution in [3.05, 3.63) is 24.2 Å². The topological polar surface area (TPSA) is 81.1 Å². The number of anilines is 1.